The predicted molar refractivity (Wildman–Crippen MR) is 102 cm³/mol. The maximum Gasteiger partial charge on any atom is 0.338 e. The molecule has 152 valence electrons. The van der Waals surface area contributed by atoms with Crippen LogP contribution in [0.2, 0.25) is 0 Å². The lowest BCUT2D eigenvalue weighted by molar-refractivity contribution is -0.150. The van der Waals surface area contributed by atoms with Gasteiger partial charge in [-0.3, -0.25) is 14.2 Å². The van der Waals surface area contributed by atoms with E-state index in [2.05, 4.69) is 0 Å². The van der Waals surface area contributed by atoms with Gasteiger partial charge in [-0.25, -0.2) is 0 Å². The smallest absolute Gasteiger partial charge is 0.338 e. The van der Waals surface area contributed by atoms with E-state index in [0.29, 0.717) is 17.7 Å². The van der Waals surface area contributed by atoms with Crippen molar-refractivity contribution >= 4 is 19.3 Å². The Kier molecular flexibility index (Phi) is 10.3. The minimum absolute atomic E-state index is 0.105. The summed E-state index contributed by atoms with van der Waals surface area (Å²) in [5.74, 6) is -0.0878. The van der Waals surface area contributed by atoms with Gasteiger partial charge in [0.25, 0.3) is 0 Å². The zero-order chi connectivity index (χ0) is 20.3. The Morgan fingerprint density at radius 1 is 1.04 bits per heavy atom. The molecule has 0 aliphatic heterocycles. The lowest BCUT2D eigenvalue weighted by Gasteiger charge is -2.20. The van der Waals surface area contributed by atoms with E-state index in [1.165, 1.54) is 0 Å². The van der Waals surface area contributed by atoms with Crippen LogP contribution in [-0.4, -0.2) is 38.2 Å². The average Bonchev–Trinajstić information content (AvgIpc) is 2.61. The van der Waals surface area contributed by atoms with E-state index in [1.807, 2.05) is 6.92 Å². The number of ketones is 1. The molecule has 0 bridgehead atoms. The quantitative estimate of drug-likeness (QED) is 0.360. The molecule has 1 atom stereocenters. The molecular weight excluding hydrogens is 371 g/mol. The number of Topliss-reactive ketones (excluding diaryl/α,β-unsaturated/α-hetero) is 1. The summed E-state index contributed by atoms with van der Waals surface area (Å²) in [7, 11) is -1.94. The van der Waals surface area contributed by atoms with E-state index < -0.39 is 13.7 Å². The van der Waals surface area contributed by atoms with Crippen molar-refractivity contribution in [2.24, 2.45) is 0 Å². The molecule has 0 N–H and O–H groups in total. The first-order chi connectivity index (χ1) is 12.9. The van der Waals surface area contributed by atoms with Crippen molar-refractivity contribution in [3.05, 3.63) is 29.8 Å². The second-order valence-corrected chi connectivity index (χ2v) is 7.90. The molecule has 0 aliphatic carbocycles. The zero-order valence-electron chi connectivity index (χ0n) is 16.4. The fraction of sp³-hybridized carbons (Fsp3) is 0.579. The van der Waals surface area contributed by atoms with E-state index >= 15 is 0 Å². The number of carbonyl (C=O) groups is 2. The molecule has 0 unspecified atom stereocenters. The minimum Gasteiger partial charge on any atom is -0.497 e. The molecular formula is C19H29O7P. The number of rotatable bonds is 13. The van der Waals surface area contributed by atoms with Gasteiger partial charge in [-0.05, 0) is 38.0 Å². The van der Waals surface area contributed by atoms with Gasteiger partial charge in [0, 0.05) is 12.8 Å². The van der Waals surface area contributed by atoms with Gasteiger partial charge in [-0.15, -0.1) is 0 Å². The number of hydrogen-bond acceptors (Lipinski definition) is 7. The summed E-state index contributed by atoms with van der Waals surface area (Å²) >= 11 is 0. The van der Waals surface area contributed by atoms with Crippen molar-refractivity contribution in [1.82, 2.24) is 0 Å². The lowest BCUT2D eigenvalue weighted by Crippen LogP contribution is -2.18. The van der Waals surface area contributed by atoms with Crippen LogP contribution in [0.15, 0.2) is 24.3 Å². The SMILES string of the molecule is CCCC(=O)O[C@H](CC(=O)CP(=O)(OCC)OCC)c1ccc(OC)cc1. The second kappa shape index (κ2) is 11.9. The van der Waals surface area contributed by atoms with E-state index in [9.17, 15) is 14.2 Å². The first-order valence-corrected chi connectivity index (χ1v) is 10.8. The summed E-state index contributed by atoms with van der Waals surface area (Å²) in [6.07, 6.45) is -0.318. The molecule has 0 amide bonds. The number of esters is 1. The average molecular weight is 400 g/mol. The first-order valence-electron chi connectivity index (χ1n) is 9.10. The third-order valence-corrected chi connectivity index (χ3v) is 5.69. The molecule has 0 aliphatic rings. The zero-order valence-corrected chi connectivity index (χ0v) is 17.3. The van der Waals surface area contributed by atoms with Crippen LogP contribution < -0.4 is 4.74 Å². The van der Waals surface area contributed by atoms with Gasteiger partial charge in [0.2, 0.25) is 0 Å². The standard InChI is InChI=1S/C19H29O7P/c1-5-8-19(21)26-18(15-9-11-17(23-4)12-10-15)13-16(20)14-27(22,24-6-2)25-7-3/h9-12,18H,5-8,13-14H2,1-4H3/t18-/m1/s1. The van der Waals surface area contributed by atoms with Crippen LogP contribution in [0.25, 0.3) is 0 Å². The van der Waals surface area contributed by atoms with Crippen LogP contribution in [0.5, 0.6) is 5.75 Å². The van der Waals surface area contributed by atoms with Gasteiger partial charge in [-0.2, -0.15) is 0 Å². The summed E-state index contributed by atoms with van der Waals surface area (Å²) in [5.41, 5.74) is 0.663. The molecule has 0 saturated carbocycles. The first kappa shape index (κ1) is 23.3. The molecule has 0 heterocycles. The van der Waals surface area contributed by atoms with E-state index in [-0.39, 0.29) is 44.0 Å². The van der Waals surface area contributed by atoms with Gasteiger partial charge >= 0.3 is 13.6 Å². The fourth-order valence-electron chi connectivity index (χ4n) is 2.48. The van der Waals surface area contributed by atoms with Crippen molar-refractivity contribution in [2.45, 2.75) is 46.1 Å². The molecule has 1 rings (SSSR count). The predicted octanol–water partition coefficient (Wildman–Crippen LogP) is 4.30. The third-order valence-electron chi connectivity index (χ3n) is 3.65. The van der Waals surface area contributed by atoms with Gasteiger partial charge in [0.1, 0.15) is 23.8 Å². The third kappa shape index (κ3) is 8.24. The van der Waals surface area contributed by atoms with E-state index in [4.69, 9.17) is 18.5 Å². The number of hydrogen-bond donors (Lipinski definition) is 0. The molecule has 8 heteroatoms. The van der Waals surface area contributed by atoms with Crippen molar-refractivity contribution < 1.29 is 32.7 Å². The number of benzene rings is 1. The molecule has 27 heavy (non-hydrogen) atoms. The highest BCUT2D eigenvalue weighted by Crippen LogP contribution is 2.48. The maximum atomic E-state index is 12.6. The summed E-state index contributed by atoms with van der Waals surface area (Å²) in [6.45, 7) is 5.59. The lowest BCUT2D eigenvalue weighted by atomic mass is 10.0. The molecule has 0 fully saturated rings. The normalized spacial score (nSPS) is 12.4. The number of ether oxygens (including phenoxy) is 2. The molecule has 0 radical (unpaired) electrons. The molecule has 0 aromatic heterocycles. The highest BCUT2D eigenvalue weighted by molar-refractivity contribution is 7.54. The van der Waals surface area contributed by atoms with Crippen LogP contribution in [0.4, 0.5) is 0 Å². The summed E-state index contributed by atoms with van der Waals surface area (Å²) in [4.78, 5) is 24.5. The Balaban J connectivity index is 2.92. The van der Waals surface area contributed by atoms with E-state index in [1.54, 1.807) is 45.2 Å². The molecule has 1 aromatic carbocycles. The van der Waals surface area contributed by atoms with Crippen molar-refractivity contribution in [1.29, 1.82) is 0 Å². The van der Waals surface area contributed by atoms with Crippen molar-refractivity contribution in [2.75, 3.05) is 26.5 Å². The van der Waals surface area contributed by atoms with E-state index in [0.717, 1.165) is 0 Å². The van der Waals surface area contributed by atoms with Crippen LogP contribution >= 0.6 is 7.60 Å². The van der Waals surface area contributed by atoms with Crippen molar-refractivity contribution in [3.8, 4) is 5.75 Å². The Morgan fingerprint density at radius 2 is 1.63 bits per heavy atom. The maximum absolute atomic E-state index is 12.6. The number of methoxy groups -OCH3 is 1. The Hall–Kier alpha value is -1.69. The van der Waals surface area contributed by atoms with Gasteiger partial charge < -0.3 is 18.5 Å². The summed E-state index contributed by atoms with van der Waals surface area (Å²) < 4.78 is 33.5. The van der Waals surface area contributed by atoms with Gasteiger partial charge in [0.05, 0.1) is 20.3 Å². The van der Waals surface area contributed by atoms with Crippen LogP contribution in [0.1, 0.15) is 51.7 Å². The Labute approximate surface area is 160 Å². The Bertz CT molecular complexity index is 632. The van der Waals surface area contributed by atoms with Crippen LogP contribution in [0.3, 0.4) is 0 Å². The number of carbonyl (C=O) groups excluding carboxylic acids is 2. The summed E-state index contributed by atoms with van der Waals surface area (Å²) in [5, 5.41) is 0. The van der Waals surface area contributed by atoms with Crippen molar-refractivity contribution in [3.63, 3.8) is 0 Å². The fourth-order valence-corrected chi connectivity index (χ4v) is 4.08. The largest absolute Gasteiger partial charge is 0.497 e. The highest BCUT2D eigenvalue weighted by Gasteiger charge is 2.30. The Morgan fingerprint density at radius 3 is 2.11 bits per heavy atom. The highest BCUT2D eigenvalue weighted by atomic mass is 31.2. The molecule has 0 spiro atoms. The minimum atomic E-state index is -3.49. The molecule has 7 nitrogen and oxygen atoms in total. The molecule has 1 aromatic rings. The molecule has 0 saturated heterocycles. The van der Waals surface area contributed by atoms with Gasteiger partial charge in [-0.1, -0.05) is 19.1 Å². The summed E-state index contributed by atoms with van der Waals surface area (Å²) in [6, 6.07) is 6.93. The van der Waals surface area contributed by atoms with Crippen LogP contribution in [0, 0.1) is 0 Å². The second-order valence-electron chi connectivity index (χ2n) is 5.85. The van der Waals surface area contributed by atoms with Crippen LogP contribution in [-0.2, 0) is 27.9 Å². The monoisotopic (exact) mass is 400 g/mol. The van der Waals surface area contributed by atoms with Gasteiger partial charge in [0.15, 0.2) is 0 Å². The topological polar surface area (TPSA) is 88.1 Å².